The van der Waals surface area contributed by atoms with Gasteiger partial charge in [0.05, 0.1) is 18.1 Å². The summed E-state index contributed by atoms with van der Waals surface area (Å²) in [7, 11) is 0. The Bertz CT molecular complexity index is 1130. The number of hydrogen-bond acceptors (Lipinski definition) is 5. The van der Waals surface area contributed by atoms with E-state index in [9.17, 15) is 14.4 Å². The Balaban J connectivity index is 1.45. The fraction of sp³-hybridized carbons (Fsp3) is 0.516. The number of fused-ring (bicyclic) bond motifs is 2. The van der Waals surface area contributed by atoms with E-state index in [1.54, 1.807) is 13.8 Å². The van der Waals surface area contributed by atoms with Gasteiger partial charge < -0.3 is 20.7 Å². The van der Waals surface area contributed by atoms with Gasteiger partial charge in [0, 0.05) is 18.5 Å². The largest absolute Gasteiger partial charge is 0.466 e. The topological polar surface area (TPSA) is 102 Å². The Morgan fingerprint density at radius 3 is 2.39 bits per heavy atom. The third kappa shape index (κ3) is 6.09. The van der Waals surface area contributed by atoms with Gasteiger partial charge in [-0.2, -0.15) is 0 Å². The number of rotatable bonds is 9. The van der Waals surface area contributed by atoms with Crippen molar-refractivity contribution in [3.8, 4) is 0 Å². The van der Waals surface area contributed by atoms with E-state index in [-0.39, 0.29) is 29.1 Å². The molecule has 0 radical (unpaired) electrons. The van der Waals surface area contributed by atoms with Gasteiger partial charge in [-0.15, -0.1) is 0 Å². The smallest absolute Gasteiger partial charge is 0.313 e. The first kappa shape index (κ1) is 27.8. The van der Waals surface area contributed by atoms with Crippen molar-refractivity contribution in [2.75, 3.05) is 19.7 Å². The number of amides is 2. The molecule has 0 saturated carbocycles. The van der Waals surface area contributed by atoms with Crippen LogP contribution in [0.25, 0.3) is 0 Å². The van der Waals surface area contributed by atoms with E-state index in [1.807, 2.05) is 48.2 Å². The zero-order valence-corrected chi connectivity index (χ0v) is 22.9. The maximum Gasteiger partial charge on any atom is 0.313 e. The van der Waals surface area contributed by atoms with E-state index in [0.717, 1.165) is 31.2 Å². The van der Waals surface area contributed by atoms with Gasteiger partial charge in [0.15, 0.2) is 0 Å². The first-order valence-electron chi connectivity index (χ1n) is 13.8. The molecule has 1 fully saturated rings. The van der Waals surface area contributed by atoms with E-state index in [4.69, 9.17) is 10.5 Å². The van der Waals surface area contributed by atoms with Gasteiger partial charge in [-0.1, -0.05) is 54.6 Å². The molecule has 7 heteroatoms. The van der Waals surface area contributed by atoms with Crippen LogP contribution in [0.4, 0.5) is 0 Å². The number of hydrogen-bond donors (Lipinski definition) is 2. The average Bonchev–Trinajstić information content (AvgIpc) is 3.22. The van der Waals surface area contributed by atoms with Crippen molar-refractivity contribution in [1.29, 1.82) is 0 Å². The third-order valence-electron chi connectivity index (χ3n) is 8.10. The second-order valence-electron chi connectivity index (χ2n) is 11.3. The highest BCUT2D eigenvalue weighted by molar-refractivity contribution is 5.91. The summed E-state index contributed by atoms with van der Waals surface area (Å²) in [4.78, 5) is 41.1. The van der Waals surface area contributed by atoms with Crippen LogP contribution in [-0.2, 0) is 31.0 Å². The number of likely N-dealkylation sites (tertiary alicyclic amines) is 1. The number of nitrogens with two attached hydrogens (primary N) is 1. The Morgan fingerprint density at radius 1 is 1.08 bits per heavy atom. The third-order valence-corrected chi connectivity index (χ3v) is 8.10. The van der Waals surface area contributed by atoms with Gasteiger partial charge in [0.25, 0.3) is 0 Å². The maximum atomic E-state index is 13.7. The van der Waals surface area contributed by atoms with E-state index in [0.29, 0.717) is 32.5 Å². The first-order chi connectivity index (χ1) is 18.1. The Kier molecular flexibility index (Phi) is 8.56. The molecule has 38 heavy (non-hydrogen) atoms. The van der Waals surface area contributed by atoms with Crippen LogP contribution in [0, 0.1) is 0 Å². The van der Waals surface area contributed by atoms with Crippen molar-refractivity contribution in [1.82, 2.24) is 10.2 Å². The Labute approximate surface area is 226 Å². The number of aryl methyl sites for hydroxylation is 1. The first-order valence-corrected chi connectivity index (χ1v) is 13.8. The molecule has 1 aliphatic heterocycles. The SMILES string of the molecule is CCOC(=O)[C@@H]1CC2(CCN(C(=O)[C@@H](CCCc3ccccc3)NC(=O)C(C)(C)N)CC2)c2ccccc21. The van der Waals surface area contributed by atoms with Crippen molar-refractivity contribution >= 4 is 17.8 Å². The molecule has 0 aromatic heterocycles. The number of esters is 1. The highest BCUT2D eigenvalue weighted by atomic mass is 16.5. The molecular formula is C31H41N3O4. The molecule has 4 rings (SSSR count). The minimum Gasteiger partial charge on any atom is -0.466 e. The van der Waals surface area contributed by atoms with Crippen LogP contribution in [0.3, 0.4) is 0 Å². The van der Waals surface area contributed by atoms with Crippen molar-refractivity contribution in [2.45, 2.75) is 82.2 Å². The molecule has 2 aromatic carbocycles. The molecule has 204 valence electrons. The van der Waals surface area contributed by atoms with Crippen LogP contribution < -0.4 is 11.1 Å². The number of piperidine rings is 1. The molecule has 2 aromatic rings. The molecule has 2 atom stereocenters. The van der Waals surface area contributed by atoms with E-state index in [1.165, 1.54) is 11.1 Å². The molecule has 1 aliphatic carbocycles. The fourth-order valence-electron chi connectivity index (χ4n) is 5.95. The molecule has 0 bridgehead atoms. The average molecular weight is 520 g/mol. The van der Waals surface area contributed by atoms with Crippen LogP contribution in [0.1, 0.15) is 75.5 Å². The molecule has 2 aliphatic rings. The fourth-order valence-corrected chi connectivity index (χ4v) is 5.95. The van der Waals surface area contributed by atoms with E-state index >= 15 is 0 Å². The highest BCUT2D eigenvalue weighted by Gasteiger charge is 2.48. The summed E-state index contributed by atoms with van der Waals surface area (Å²) in [6.07, 6.45) is 4.42. The zero-order valence-electron chi connectivity index (χ0n) is 22.9. The van der Waals surface area contributed by atoms with E-state index < -0.39 is 11.6 Å². The lowest BCUT2D eigenvalue weighted by atomic mass is 9.73. The summed E-state index contributed by atoms with van der Waals surface area (Å²) < 4.78 is 5.39. The van der Waals surface area contributed by atoms with Crippen LogP contribution in [-0.4, -0.2) is 54.0 Å². The number of carbonyl (C=O) groups is 3. The standard InChI is InChI=1S/C31H41N3O4/c1-4-38-28(36)24-21-31(25-15-9-8-14-23(24)25)17-19-34(20-18-31)27(35)26(33-29(37)30(2,3)32)16-10-13-22-11-6-5-7-12-22/h5-9,11-12,14-15,24,26H,4,10,13,16-21,32H2,1-3H3,(H,33,37)/t24-,26-/m1/s1. The number of nitrogens with zero attached hydrogens (tertiary/aromatic N) is 1. The molecular weight excluding hydrogens is 478 g/mol. The van der Waals surface area contributed by atoms with Gasteiger partial charge in [0.1, 0.15) is 6.04 Å². The van der Waals surface area contributed by atoms with Gasteiger partial charge in [-0.3, -0.25) is 14.4 Å². The van der Waals surface area contributed by atoms with Crippen molar-refractivity contribution < 1.29 is 19.1 Å². The lowest BCUT2D eigenvalue weighted by Crippen LogP contribution is -2.57. The maximum absolute atomic E-state index is 13.7. The summed E-state index contributed by atoms with van der Waals surface area (Å²) in [5.41, 5.74) is 8.30. The van der Waals surface area contributed by atoms with Crippen molar-refractivity contribution in [3.63, 3.8) is 0 Å². The molecule has 3 N–H and O–H groups in total. The van der Waals surface area contributed by atoms with Gasteiger partial charge >= 0.3 is 5.97 Å². The predicted octanol–water partition coefficient (Wildman–Crippen LogP) is 3.84. The highest BCUT2D eigenvalue weighted by Crippen LogP contribution is 2.52. The molecule has 1 heterocycles. The van der Waals surface area contributed by atoms with Crippen molar-refractivity contribution in [3.05, 3.63) is 71.3 Å². The second kappa shape index (κ2) is 11.7. The van der Waals surface area contributed by atoms with E-state index in [2.05, 4.69) is 23.5 Å². The van der Waals surface area contributed by atoms with Crippen LogP contribution in [0.15, 0.2) is 54.6 Å². The Morgan fingerprint density at radius 2 is 1.74 bits per heavy atom. The van der Waals surface area contributed by atoms with Crippen LogP contribution in [0.2, 0.25) is 0 Å². The minimum absolute atomic E-state index is 0.0567. The molecule has 1 saturated heterocycles. The lowest BCUT2D eigenvalue weighted by molar-refractivity contribution is -0.145. The number of ether oxygens (including phenoxy) is 1. The second-order valence-corrected chi connectivity index (χ2v) is 11.3. The summed E-state index contributed by atoms with van der Waals surface area (Å²) in [6, 6.07) is 17.7. The summed E-state index contributed by atoms with van der Waals surface area (Å²) >= 11 is 0. The molecule has 1 spiro atoms. The van der Waals surface area contributed by atoms with Crippen molar-refractivity contribution in [2.24, 2.45) is 5.73 Å². The lowest BCUT2D eigenvalue weighted by Gasteiger charge is -2.41. The molecule has 7 nitrogen and oxygen atoms in total. The summed E-state index contributed by atoms with van der Waals surface area (Å²) in [6.45, 7) is 6.66. The van der Waals surface area contributed by atoms with Crippen LogP contribution in [0.5, 0.6) is 0 Å². The number of nitrogens with one attached hydrogen (secondary N) is 1. The zero-order chi connectivity index (χ0) is 27.3. The quantitative estimate of drug-likeness (QED) is 0.490. The predicted molar refractivity (Wildman–Crippen MR) is 148 cm³/mol. The monoisotopic (exact) mass is 519 g/mol. The summed E-state index contributed by atoms with van der Waals surface area (Å²) in [5.74, 6) is -0.809. The normalized spacial score (nSPS) is 19.1. The number of carbonyl (C=O) groups excluding carboxylic acids is 3. The summed E-state index contributed by atoms with van der Waals surface area (Å²) in [5, 5.41) is 2.94. The molecule has 0 unspecified atom stereocenters. The Hall–Kier alpha value is -3.19. The molecule has 2 amide bonds. The van der Waals surface area contributed by atoms with Gasteiger partial charge in [-0.25, -0.2) is 0 Å². The number of benzene rings is 2. The van der Waals surface area contributed by atoms with Gasteiger partial charge in [-0.05, 0) is 76.0 Å². The van der Waals surface area contributed by atoms with Gasteiger partial charge in [0.2, 0.25) is 11.8 Å². The van der Waals surface area contributed by atoms with Crippen LogP contribution >= 0.6 is 0 Å². The minimum atomic E-state index is -1.07.